The molecule has 1 aromatic rings. The molecule has 2 unspecified atom stereocenters. The molecule has 6 nitrogen and oxygen atoms in total. The van der Waals surface area contributed by atoms with E-state index in [9.17, 15) is 4.79 Å². The molecule has 0 bridgehead atoms. The van der Waals surface area contributed by atoms with Gasteiger partial charge in [0.1, 0.15) is 6.10 Å². The van der Waals surface area contributed by atoms with Crippen molar-refractivity contribution in [3.63, 3.8) is 0 Å². The standard InChI is InChI=1S/C9H14N4O2/c10-5-1-2-6(3-5)15-9-7(11)8(14)12-4-13-9/h4-6H,1-3,10-11H2,(H,12,13,14). The largest absolute Gasteiger partial charge is 0.473 e. The van der Waals surface area contributed by atoms with Gasteiger partial charge in [-0.05, 0) is 19.3 Å². The van der Waals surface area contributed by atoms with Crippen LogP contribution in [0, 0.1) is 0 Å². The molecule has 0 spiro atoms. The summed E-state index contributed by atoms with van der Waals surface area (Å²) in [4.78, 5) is 17.4. The molecule has 2 rings (SSSR count). The third-order valence-electron chi connectivity index (χ3n) is 2.56. The number of H-pyrrole nitrogens is 1. The van der Waals surface area contributed by atoms with Crippen molar-refractivity contribution in [2.75, 3.05) is 5.73 Å². The molecule has 1 aliphatic rings. The molecule has 1 saturated carbocycles. The Kier molecular flexibility index (Phi) is 2.59. The van der Waals surface area contributed by atoms with Crippen LogP contribution in [0.15, 0.2) is 11.1 Å². The van der Waals surface area contributed by atoms with Gasteiger partial charge in [-0.2, -0.15) is 0 Å². The van der Waals surface area contributed by atoms with Gasteiger partial charge in [0.05, 0.1) is 6.33 Å². The number of anilines is 1. The van der Waals surface area contributed by atoms with E-state index in [2.05, 4.69) is 9.97 Å². The van der Waals surface area contributed by atoms with E-state index in [4.69, 9.17) is 16.2 Å². The Morgan fingerprint density at radius 1 is 1.53 bits per heavy atom. The molecule has 82 valence electrons. The molecule has 1 aliphatic carbocycles. The second kappa shape index (κ2) is 3.90. The SMILES string of the molecule is Nc1c(OC2CCC(N)C2)nc[nH]c1=O. The number of rotatable bonds is 2. The van der Waals surface area contributed by atoms with Gasteiger partial charge in [0, 0.05) is 6.04 Å². The van der Waals surface area contributed by atoms with Crippen LogP contribution >= 0.6 is 0 Å². The van der Waals surface area contributed by atoms with Gasteiger partial charge in [0.15, 0.2) is 5.69 Å². The minimum Gasteiger partial charge on any atom is -0.473 e. The van der Waals surface area contributed by atoms with Crippen LogP contribution in [0.3, 0.4) is 0 Å². The van der Waals surface area contributed by atoms with Crippen molar-refractivity contribution in [3.8, 4) is 5.88 Å². The van der Waals surface area contributed by atoms with Crippen LogP contribution in [0.25, 0.3) is 0 Å². The number of nitrogens with two attached hydrogens (primary N) is 2. The van der Waals surface area contributed by atoms with Crippen molar-refractivity contribution in [3.05, 3.63) is 16.7 Å². The van der Waals surface area contributed by atoms with Gasteiger partial charge in [0.25, 0.3) is 5.56 Å². The topological polar surface area (TPSA) is 107 Å². The Hall–Kier alpha value is -1.56. The number of hydrogen-bond acceptors (Lipinski definition) is 5. The van der Waals surface area contributed by atoms with Gasteiger partial charge in [-0.3, -0.25) is 4.79 Å². The van der Waals surface area contributed by atoms with Crippen molar-refractivity contribution in [2.45, 2.75) is 31.4 Å². The summed E-state index contributed by atoms with van der Waals surface area (Å²) in [6, 6.07) is 0.179. The van der Waals surface area contributed by atoms with E-state index < -0.39 is 0 Å². The molecule has 0 aromatic carbocycles. The smallest absolute Gasteiger partial charge is 0.277 e. The number of aromatic amines is 1. The van der Waals surface area contributed by atoms with E-state index in [1.165, 1.54) is 6.33 Å². The fourth-order valence-corrected chi connectivity index (χ4v) is 1.73. The monoisotopic (exact) mass is 210 g/mol. The zero-order chi connectivity index (χ0) is 10.8. The maximum atomic E-state index is 11.2. The number of hydrogen-bond donors (Lipinski definition) is 3. The summed E-state index contributed by atoms with van der Waals surface area (Å²) in [6.07, 6.45) is 3.91. The lowest BCUT2D eigenvalue weighted by Crippen LogP contribution is -2.21. The highest BCUT2D eigenvalue weighted by molar-refractivity contribution is 5.44. The van der Waals surface area contributed by atoms with E-state index in [0.29, 0.717) is 0 Å². The molecule has 0 amide bonds. The Morgan fingerprint density at radius 3 is 3.00 bits per heavy atom. The van der Waals surface area contributed by atoms with Crippen LogP contribution in [0.2, 0.25) is 0 Å². The number of ether oxygens (including phenoxy) is 1. The average Bonchev–Trinajstić information content (AvgIpc) is 2.59. The highest BCUT2D eigenvalue weighted by Crippen LogP contribution is 2.23. The molecule has 0 radical (unpaired) electrons. The fourth-order valence-electron chi connectivity index (χ4n) is 1.73. The van der Waals surface area contributed by atoms with Crippen LogP contribution in [0.1, 0.15) is 19.3 Å². The average molecular weight is 210 g/mol. The Labute approximate surface area is 86.6 Å². The van der Waals surface area contributed by atoms with E-state index in [-0.39, 0.29) is 29.3 Å². The van der Waals surface area contributed by atoms with E-state index >= 15 is 0 Å². The van der Waals surface area contributed by atoms with Gasteiger partial charge >= 0.3 is 0 Å². The van der Waals surface area contributed by atoms with Crippen LogP contribution in [-0.4, -0.2) is 22.1 Å². The highest BCUT2D eigenvalue weighted by atomic mass is 16.5. The lowest BCUT2D eigenvalue weighted by Gasteiger charge is -2.12. The molecule has 2 atom stereocenters. The molecular weight excluding hydrogens is 196 g/mol. The third-order valence-corrected chi connectivity index (χ3v) is 2.56. The number of nitrogen functional groups attached to an aromatic ring is 1. The van der Waals surface area contributed by atoms with Crippen LogP contribution in [-0.2, 0) is 0 Å². The maximum Gasteiger partial charge on any atom is 0.277 e. The van der Waals surface area contributed by atoms with Crippen molar-refractivity contribution in [1.82, 2.24) is 9.97 Å². The van der Waals surface area contributed by atoms with E-state index in [0.717, 1.165) is 19.3 Å². The first kappa shape index (κ1) is 9.97. The highest BCUT2D eigenvalue weighted by Gasteiger charge is 2.24. The molecule has 15 heavy (non-hydrogen) atoms. The lowest BCUT2D eigenvalue weighted by atomic mass is 10.3. The minimum absolute atomic E-state index is 0.0246. The van der Waals surface area contributed by atoms with Crippen molar-refractivity contribution < 1.29 is 4.74 Å². The van der Waals surface area contributed by atoms with E-state index in [1.807, 2.05) is 0 Å². The van der Waals surface area contributed by atoms with Gasteiger partial charge in [-0.25, -0.2) is 4.98 Å². The molecule has 1 aromatic heterocycles. The van der Waals surface area contributed by atoms with Gasteiger partial charge in [-0.1, -0.05) is 0 Å². The second-order valence-electron chi connectivity index (χ2n) is 3.76. The van der Waals surface area contributed by atoms with Crippen LogP contribution in [0.4, 0.5) is 5.69 Å². The molecule has 5 N–H and O–H groups in total. The minimum atomic E-state index is -0.373. The van der Waals surface area contributed by atoms with Crippen molar-refractivity contribution >= 4 is 5.69 Å². The first-order chi connectivity index (χ1) is 7.16. The summed E-state index contributed by atoms with van der Waals surface area (Å²) in [5.74, 6) is 0.206. The maximum absolute atomic E-state index is 11.2. The second-order valence-corrected chi connectivity index (χ2v) is 3.76. The van der Waals surface area contributed by atoms with Gasteiger partial charge < -0.3 is 21.2 Å². The quantitative estimate of drug-likeness (QED) is 0.616. The third kappa shape index (κ3) is 2.10. The number of nitrogens with one attached hydrogen (secondary N) is 1. The summed E-state index contributed by atoms with van der Waals surface area (Å²) in [5, 5.41) is 0. The van der Waals surface area contributed by atoms with Crippen LogP contribution < -0.4 is 21.8 Å². The Morgan fingerprint density at radius 2 is 2.33 bits per heavy atom. The lowest BCUT2D eigenvalue weighted by molar-refractivity contribution is 0.200. The number of nitrogens with zero attached hydrogens (tertiary/aromatic N) is 1. The zero-order valence-electron chi connectivity index (χ0n) is 8.27. The predicted molar refractivity (Wildman–Crippen MR) is 55.5 cm³/mol. The molecule has 1 fully saturated rings. The van der Waals surface area contributed by atoms with E-state index in [1.54, 1.807) is 0 Å². The van der Waals surface area contributed by atoms with Crippen LogP contribution in [0.5, 0.6) is 5.88 Å². The van der Waals surface area contributed by atoms with Crippen molar-refractivity contribution in [2.24, 2.45) is 5.73 Å². The van der Waals surface area contributed by atoms with Crippen molar-refractivity contribution in [1.29, 1.82) is 0 Å². The molecular formula is C9H14N4O2. The Balaban J connectivity index is 2.11. The zero-order valence-corrected chi connectivity index (χ0v) is 8.27. The summed E-state index contributed by atoms with van der Waals surface area (Å²) >= 11 is 0. The van der Waals surface area contributed by atoms with Gasteiger partial charge in [0.2, 0.25) is 5.88 Å². The molecule has 1 heterocycles. The predicted octanol–water partition coefficient (Wildman–Crippen LogP) is -0.389. The molecule has 0 saturated heterocycles. The Bertz CT molecular complexity index is 403. The normalized spacial score (nSPS) is 25.4. The summed E-state index contributed by atoms with van der Waals surface area (Å²) < 4.78 is 5.52. The number of aromatic nitrogens is 2. The van der Waals surface area contributed by atoms with Gasteiger partial charge in [-0.15, -0.1) is 0 Å². The summed E-state index contributed by atoms with van der Waals surface area (Å²) in [5.41, 5.74) is 10.9. The molecule has 0 aliphatic heterocycles. The first-order valence-corrected chi connectivity index (χ1v) is 4.92. The summed E-state index contributed by atoms with van der Waals surface area (Å²) in [6.45, 7) is 0. The molecule has 6 heteroatoms. The first-order valence-electron chi connectivity index (χ1n) is 4.92. The summed E-state index contributed by atoms with van der Waals surface area (Å²) in [7, 11) is 0. The fraction of sp³-hybridized carbons (Fsp3) is 0.556.